The van der Waals surface area contributed by atoms with Crippen molar-refractivity contribution in [2.24, 2.45) is 5.92 Å². The van der Waals surface area contributed by atoms with Gasteiger partial charge in [-0.2, -0.15) is 0 Å². The van der Waals surface area contributed by atoms with E-state index in [9.17, 15) is 4.79 Å². The van der Waals surface area contributed by atoms with Crippen LogP contribution >= 0.6 is 12.6 Å². The number of hydrogen-bond donors (Lipinski definition) is 2. The molecular weight excluding hydrogens is 242 g/mol. The summed E-state index contributed by atoms with van der Waals surface area (Å²) < 4.78 is 0. The Labute approximate surface area is 116 Å². The molecule has 100 valence electrons. The summed E-state index contributed by atoms with van der Waals surface area (Å²) in [7, 11) is 0. The summed E-state index contributed by atoms with van der Waals surface area (Å²) >= 11 is 4.30. The standard InChI is InChI=1S/C15H23NOS/c1-3-5-8-12(4-2)11-16-15(17)13-9-6-7-10-14(13)18/h6-7,9-10,12,18H,3-5,8,11H2,1-2H3,(H,16,17). The smallest absolute Gasteiger partial charge is 0.252 e. The van der Waals surface area contributed by atoms with Crippen LogP contribution < -0.4 is 5.32 Å². The molecule has 0 aliphatic heterocycles. The largest absolute Gasteiger partial charge is 0.352 e. The summed E-state index contributed by atoms with van der Waals surface area (Å²) in [6, 6.07) is 7.40. The van der Waals surface area contributed by atoms with Gasteiger partial charge in [0.15, 0.2) is 0 Å². The van der Waals surface area contributed by atoms with Crippen molar-refractivity contribution in [1.82, 2.24) is 5.32 Å². The highest BCUT2D eigenvalue weighted by molar-refractivity contribution is 7.80. The van der Waals surface area contributed by atoms with Crippen LogP contribution in [0.3, 0.4) is 0 Å². The van der Waals surface area contributed by atoms with E-state index in [2.05, 4.69) is 31.8 Å². The summed E-state index contributed by atoms with van der Waals surface area (Å²) in [4.78, 5) is 12.7. The van der Waals surface area contributed by atoms with E-state index in [-0.39, 0.29) is 5.91 Å². The third kappa shape index (κ3) is 4.73. The van der Waals surface area contributed by atoms with Gasteiger partial charge in [0, 0.05) is 11.4 Å². The van der Waals surface area contributed by atoms with Crippen molar-refractivity contribution in [3.63, 3.8) is 0 Å². The molecule has 1 aromatic carbocycles. The number of hydrogen-bond acceptors (Lipinski definition) is 2. The van der Waals surface area contributed by atoms with E-state index in [0.29, 0.717) is 11.5 Å². The van der Waals surface area contributed by atoms with E-state index in [1.807, 2.05) is 24.3 Å². The summed E-state index contributed by atoms with van der Waals surface area (Å²) in [5.41, 5.74) is 0.658. The molecule has 1 unspecified atom stereocenters. The van der Waals surface area contributed by atoms with Gasteiger partial charge in [-0.25, -0.2) is 0 Å². The molecule has 1 amide bonds. The molecule has 0 aromatic heterocycles. The van der Waals surface area contributed by atoms with Crippen LogP contribution in [0.1, 0.15) is 49.9 Å². The number of carbonyl (C=O) groups excluding carboxylic acids is 1. The van der Waals surface area contributed by atoms with Gasteiger partial charge in [-0.15, -0.1) is 12.6 Å². The molecule has 0 heterocycles. The van der Waals surface area contributed by atoms with Crippen LogP contribution in [-0.2, 0) is 0 Å². The molecule has 1 atom stereocenters. The number of benzene rings is 1. The molecule has 0 radical (unpaired) electrons. The van der Waals surface area contributed by atoms with Crippen molar-refractivity contribution in [1.29, 1.82) is 0 Å². The predicted octanol–water partition coefficient (Wildman–Crippen LogP) is 3.92. The maximum atomic E-state index is 12.0. The van der Waals surface area contributed by atoms with E-state index in [1.54, 1.807) is 0 Å². The topological polar surface area (TPSA) is 29.1 Å². The molecule has 18 heavy (non-hydrogen) atoms. The van der Waals surface area contributed by atoms with Gasteiger partial charge in [0.1, 0.15) is 0 Å². The Bertz CT molecular complexity index is 379. The first-order chi connectivity index (χ1) is 8.69. The normalized spacial score (nSPS) is 12.2. The van der Waals surface area contributed by atoms with Crippen molar-refractivity contribution in [3.05, 3.63) is 29.8 Å². The molecule has 2 nitrogen and oxygen atoms in total. The van der Waals surface area contributed by atoms with Crippen LogP contribution in [0.4, 0.5) is 0 Å². The van der Waals surface area contributed by atoms with Gasteiger partial charge in [0.2, 0.25) is 0 Å². The van der Waals surface area contributed by atoms with Crippen LogP contribution in [0.2, 0.25) is 0 Å². The Morgan fingerprint density at radius 2 is 2.06 bits per heavy atom. The fraction of sp³-hybridized carbons (Fsp3) is 0.533. The van der Waals surface area contributed by atoms with Crippen LogP contribution in [0.25, 0.3) is 0 Å². The Kier molecular flexibility index (Phi) is 6.88. The van der Waals surface area contributed by atoms with Crippen LogP contribution in [0, 0.1) is 5.92 Å². The van der Waals surface area contributed by atoms with Crippen molar-refractivity contribution < 1.29 is 4.79 Å². The number of carbonyl (C=O) groups is 1. The van der Waals surface area contributed by atoms with Gasteiger partial charge in [-0.3, -0.25) is 4.79 Å². The second-order valence-corrected chi connectivity index (χ2v) is 5.13. The van der Waals surface area contributed by atoms with E-state index in [1.165, 1.54) is 19.3 Å². The van der Waals surface area contributed by atoms with Gasteiger partial charge in [0.25, 0.3) is 5.91 Å². The molecule has 1 aromatic rings. The monoisotopic (exact) mass is 265 g/mol. The van der Waals surface area contributed by atoms with Gasteiger partial charge in [-0.05, 0) is 24.5 Å². The molecule has 0 fully saturated rings. The van der Waals surface area contributed by atoms with E-state index in [4.69, 9.17) is 0 Å². The molecule has 3 heteroatoms. The first kappa shape index (κ1) is 15.1. The average Bonchev–Trinajstić information content (AvgIpc) is 2.39. The van der Waals surface area contributed by atoms with Crippen LogP contribution in [-0.4, -0.2) is 12.5 Å². The highest BCUT2D eigenvalue weighted by atomic mass is 32.1. The Hall–Kier alpha value is -0.960. The minimum atomic E-state index is -0.0180. The first-order valence-electron chi connectivity index (χ1n) is 6.75. The number of rotatable bonds is 7. The number of nitrogens with one attached hydrogen (secondary N) is 1. The molecule has 0 saturated heterocycles. The van der Waals surface area contributed by atoms with E-state index < -0.39 is 0 Å². The average molecular weight is 265 g/mol. The highest BCUT2D eigenvalue weighted by Crippen LogP contribution is 2.14. The van der Waals surface area contributed by atoms with Gasteiger partial charge in [0.05, 0.1) is 5.56 Å². The quantitative estimate of drug-likeness (QED) is 0.719. The van der Waals surface area contributed by atoms with E-state index in [0.717, 1.165) is 17.9 Å². The van der Waals surface area contributed by atoms with Crippen LogP contribution in [0.5, 0.6) is 0 Å². The zero-order valence-corrected chi connectivity index (χ0v) is 12.2. The second kappa shape index (κ2) is 8.20. The number of amides is 1. The minimum Gasteiger partial charge on any atom is -0.352 e. The van der Waals surface area contributed by atoms with Gasteiger partial charge >= 0.3 is 0 Å². The lowest BCUT2D eigenvalue weighted by Crippen LogP contribution is -2.29. The molecule has 1 rings (SSSR count). The molecule has 0 aliphatic carbocycles. The Balaban J connectivity index is 2.47. The fourth-order valence-corrected chi connectivity index (χ4v) is 2.20. The summed E-state index contributed by atoms with van der Waals surface area (Å²) in [6.07, 6.45) is 4.75. The minimum absolute atomic E-state index is 0.0180. The lowest BCUT2D eigenvalue weighted by Gasteiger charge is -2.15. The maximum absolute atomic E-state index is 12.0. The predicted molar refractivity (Wildman–Crippen MR) is 79.3 cm³/mol. The lowest BCUT2D eigenvalue weighted by molar-refractivity contribution is 0.0943. The summed E-state index contributed by atoms with van der Waals surface area (Å²) in [5, 5.41) is 3.01. The molecule has 1 N–H and O–H groups in total. The van der Waals surface area contributed by atoms with Gasteiger partial charge in [-0.1, -0.05) is 45.2 Å². The van der Waals surface area contributed by atoms with Crippen LogP contribution in [0.15, 0.2) is 29.2 Å². The third-order valence-electron chi connectivity index (χ3n) is 3.24. The SMILES string of the molecule is CCCCC(CC)CNC(=O)c1ccccc1S. The molecule has 0 spiro atoms. The van der Waals surface area contributed by atoms with Crippen molar-refractivity contribution in [2.75, 3.05) is 6.54 Å². The lowest BCUT2D eigenvalue weighted by atomic mass is 9.99. The second-order valence-electron chi connectivity index (χ2n) is 4.64. The zero-order chi connectivity index (χ0) is 13.4. The molecule has 0 bridgehead atoms. The third-order valence-corrected chi connectivity index (χ3v) is 3.63. The number of unbranched alkanes of at least 4 members (excludes halogenated alkanes) is 1. The highest BCUT2D eigenvalue weighted by Gasteiger charge is 2.11. The van der Waals surface area contributed by atoms with Crippen molar-refractivity contribution >= 4 is 18.5 Å². The fourth-order valence-electron chi connectivity index (χ4n) is 1.94. The summed E-state index contributed by atoms with van der Waals surface area (Å²) in [6.45, 7) is 5.14. The zero-order valence-electron chi connectivity index (χ0n) is 11.3. The summed E-state index contributed by atoms with van der Waals surface area (Å²) in [5.74, 6) is 0.566. The Morgan fingerprint density at radius 3 is 2.67 bits per heavy atom. The first-order valence-corrected chi connectivity index (χ1v) is 7.19. The number of thiol groups is 1. The molecule has 0 saturated carbocycles. The Morgan fingerprint density at radius 1 is 1.33 bits per heavy atom. The van der Waals surface area contributed by atoms with Gasteiger partial charge < -0.3 is 5.32 Å². The van der Waals surface area contributed by atoms with Crippen molar-refractivity contribution in [2.45, 2.75) is 44.4 Å². The molecule has 0 aliphatic rings. The maximum Gasteiger partial charge on any atom is 0.252 e. The van der Waals surface area contributed by atoms with E-state index >= 15 is 0 Å². The molecular formula is C15H23NOS. The van der Waals surface area contributed by atoms with Crippen molar-refractivity contribution in [3.8, 4) is 0 Å².